The van der Waals surface area contributed by atoms with Crippen LogP contribution in [0.3, 0.4) is 0 Å². The van der Waals surface area contributed by atoms with Crippen LogP contribution in [0.1, 0.15) is 70.0 Å². The smallest absolute Gasteiger partial charge is 0.255 e. The van der Waals surface area contributed by atoms with Crippen molar-refractivity contribution in [2.45, 2.75) is 44.6 Å². The number of methoxy groups -OCH3 is 1. The molecule has 0 bridgehead atoms. The highest BCUT2D eigenvalue weighted by Gasteiger charge is 2.39. The molecule has 1 aliphatic carbocycles. The molecule has 1 unspecified atom stereocenters. The Hall–Kier alpha value is -3.58. The number of likely N-dealkylation sites (tertiary alicyclic amines) is 1. The number of hydrogen-bond donors (Lipinski definition) is 0. The van der Waals surface area contributed by atoms with E-state index in [0.29, 0.717) is 27.3 Å². The van der Waals surface area contributed by atoms with E-state index in [0.717, 1.165) is 70.3 Å². The molecule has 2 amide bonds. The Labute approximate surface area is 247 Å². The molecule has 0 N–H and O–H groups in total. The molecule has 6 rings (SSSR count). The Morgan fingerprint density at radius 3 is 2.37 bits per heavy atom. The molecular formula is C33H37ClN4O3. The summed E-state index contributed by atoms with van der Waals surface area (Å²) in [5.74, 6) is 0.570. The molecule has 2 fully saturated rings. The van der Waals surface area contributed by atoms with E-state index in [9.17, 15) is 9.59 Å². The van der Waals surface area contributed by atoms with Gasteiger partial charge in [-0.1, -0.05) is 17.7 Å². The Balaban J connectivity index is 1.10. The lowest BCUT2D eigenvalue weighted by Crippen LogP contribution is -2.48. The molecule has 2 aliphatic heterocycles. The number of ether oxygens (including phenoxy) is 1. The fraction of sp³-hybridized carbons (Fsp3) is 0.424. The van der Waals surface area contributed by atoms with Crippen molar-refractivity contribution in [3.63, 3.8) is 0 Å². The van der Waals surface area contributed by atoms with Gasteiger partial charge in [-0.25, -0.2) is 0 Å². The summed E-state index contributed by atoms with van der Waals surface area (Å²) in [4.78, 5) is 37.4. The van der Waals surface area contributed by atoms with Crippen LogP contribution < -0.4 is 9.64 Å². The van der Waals surface area contributed by atoms with Crippen LogP contribution in [0.25, 0.3) is 0 Å². The van der Waals surface area contributed by atoms with Crippen molar-refractivity contribution < 1.29 is 14.3 Å². The summed E-state index contributed by atoms with van der Waals surface area (Å²) in [5, 5.41) is 0.370. The van der Waals surface area contributed by atoms with E-state index in [1.807, 2.05) is 36.5 Å². The number of nitrogens with zero attached hydrogens (tertiary/aromatic N) is 4. The molecule has 7 nitrogen and oxygen atoms in total. The molecule has 3 heterocycles. The van der Waals surface area contributed by atoms with Gasteiger partial charge in [0.1, 0.15) is 5.75 Å². The first-order valence-electron chi connectivity index (χ1n) is 14.6. The predicted octanol–water partition coefficient (Wildman–Crippen LogP) is 6.03. The van der Waals surface area contributed by atoms with E-state index in [1.54, 1.807) is 30.2 Å². The van der Waals surface area contributed by atoms with Crippen molar-refractivity contribution >= 4 is 29.1 Å². The number of hydrogen-bond acceptors (Lipinski definition) is 5. The van der Waals surface area contributed by atoms with Gasteiger partial charge in [-0.15, -0.1) is 0 Å². The minimum atomic E-state index is -0.136. The second kappa shape index (κ2) is 11.4. The number of rotatable bonds is 5. The zero-order valence-corrected chi connectivity index (χ0v) is 24.6. The lowest BCUT2D eigenvalue weighted by atomic mass is 9.71. The number of fused-ring (bicyclic) bond motifs is 1. The highest BCUT2D eigenvalue weighted by atomic mass is 35.5. The molecular weight excluding hydrogens is 536 g/mol. The fourth-order valence-corrected chi connectivity index (χ4v) is 7.16. The summed E-state index contributed by atoms with van der Waals surface area (Å²) < 4.78 is 5.23. The molecule has 1 atom stereocenters. The lowest BCUT2D eigenvalue weighted by molar-refractivity contribution is 0.0515. The maximum absolute atomic E-state index is 13.6. The molecule has 3 aromatic rings. The zero-order valence-electron chi connectivity index (χ0n) is 23.8. The molecule has 8 heteroatoms. The number of carbonyl (C=O) groups excluding carboxylic acids is 2. The first-order chi connectivity index (χ1) is 19.9. The van der Waals surface area contributed by atoms with Crippen LogP contribution in [0.4, 0.5) is 5.69 Å². The van der Waals surface area contributed by atoms with Crippen molar-refractivity contribution in [1.82, 2.24) is 14.8 Å². The van der Waals surface area contributed by atoms with Gasteiger partial charge in [0.05, 0.1) is 23.7 Å². The first kappa shape index (κ1) is 27.6. The summed E-state index contributed by atoms with van der Waals surface area (Å²) in [6.07, 6.45) is 9.85. The van der Waals surface area contributed by atoms with Crippen molar-refractivity contribution in [2.75, 3.05) is 45.2 Å². The normalized spacial score (nSPS) is 19.6. The van der Waals surface area contributed by atoms with E-state index >= 15 is 0 Å². The molecule has 41 heavy (non-hydrogen) atoms. The van der Waals surface area contributed by atoms with Gasteiger partial charge in [-0.3, -0.25) is 14.6 Å². The van der Waals surface area contributed by atoms with E-state index < -0.39 is 0 Å². The van der Waals surface area contributed by atoms with Gasteiger partial charge in [0.15, 0.2) is 0 Å². The summed E-state index contributed by atoms with van der Waals surface area (Å²) in [6, 6.07) is 15.2. The number of aryl methyl sites for hydroxylation is 1. The summed E-state index contributed by atoms with van der Waals surface area (Å²) in [6.45, 7) is 3.70. The second-order valence-electron chi connectivity index (χ2n) is 11.7. The molecule has 3 aliphatic rings. The van der Waals surface area contributed by atoms with E-state index in [1.165, 1.54) is 11.3 Å². The van der Waals surface area contributed by atoms with Crippen LogP contribution >= 0.6 is 11.6 Å². The third-order valence-corrected chi connectivity index (χ3v) is 9.91. The Morgan fingerprint density at radius 2 is 1.68 bits per heavy atom. The number of aromatic nitrogens is 1. The summed E-state index contributed by atoms with van der Waals surface area (Å²) in [5.41, 5.74) is 5.00. The van der Waals surface area contributed by atoms with Crippen molar-refractivity contribution in [2.24, 2.45) is 5.41 Å². The molecule has 2 saturated heterocycles. The average Bonchev–Trinajstić information content (AvgIpc) is 3.44. The molecule has 0 radical (unpaired) electrons. The van der Waals surface area contributed by atoms with Crippen LogP contribution in [-0.2, 0) is 6.42 Å². The number of carbonyl (C=O) groups is 2. The van der Waals surface area contributed by atoms with Gasteiger partial charge in [0.25, 0.3) is 11.8 Å². The number of pyridine rings is 1. The summed E-state index contributed by atoms with van der Waals surface area (Å²) in [7, 11) is 3.39. The van der Waals surface area contributed by atoms with Gasteiger partial charge in [-0.2, -0.15) is 0 Å². The number of amides is 2. The van der Waals surface area contributed by atoms with Gasteiger partial charge < -0.3 is 19.4 Å². The Kier molecular flexibility index (Phi) is 7.64. The second-order valence-corrected chi connectivity index (χ2v) is 12.1. The maximum atomic E-state index is 13.6. The first-order valence-corrected chi connectivity index (χ1v) is 14.9. The van der Waals surface area contributed by atoms with Crippen molar-refractivity contribution in [3.8, 4) is 5.75 Å². The number of benzene rings is 2. The number of halogens is 1. The lowest BCUT2D eigenvalue weighted by Gasteiger charge is -2.47. The largest absolute Gasteiger partial charge is 0.497 e. The SMILES string of the molecule is COc1ccc(C(=O)N(C)C2CCc3ccc(C(=O)N4CCC5(CC4)CCN(c4ccncc4)CC5)cc32)c(Cl)c1. The number of anilines is 1. The minimum Gasteiger partial charge on any atom is -0.497 e. The number of piperidine rings is 2. The third-order valence-electron chi connectivity index (χ3n) is 9.60. The van der Waals surface area contributed by atoms with Crippen LogP contribution in [0.15, 0.2) is 60.9 Å². The van der Waals surface area contributed by atoms with Gasteiger partial charge in [-0.05, 0) is 97.5 Å². The van der Waals surface area contributed by atoms with Gasteiger partial charge in [0.2, 0.25) is 0 Å². The topological polar surface area (TPSA) is 66.0 Å². The van der Waals surface area contributed by atoms with Crippen molar-refractivity contribution in [3.05, 3.63) is 88.2 Å². The third kappa shape index (κ3) is 5.40. The van der Waals surface area contributed by atoms with Crippen LogP contribution in [0, 0.1) is 5.41 Å². The standard InChI is InChI=1S/C33H37ClN4O3/c1-36(32(40)27-7-6-26(41-2)22-29(27)34)30-8-5-23-3-4-24(21-28(23)30)31(39)38-19-13-33(14-20-38)11-17-37(18-12-33)25-9-15-35-16-10-25/h3-4,6-7,9-10,15-16,21-22,30H,5,8,11-14,17-20H2,1-2H3. The predicted molar refractivity (Wildman–Crippen MR) is 161 cm³/mol. The highest BCUT2D eigenvalue weighted by molar-refractivity contribution is 6.34. The van der Waals surface area contributed by atoms with E-state index in [2.05, 4.69) is 28.1 Å². The van der Waals surface area contributed by atoms with Gasteiger partial charge >= 0.3 is 0 Å². The molecule has 1 aromatic heterocycles. The van der Waals surface area contributed by atoms with E-state index in [-0.39, 0.29) is 17.9 Å². The zero-order chi connectivity index (χ0) is 28.6. The quantitative estimate of drug-likeness (QED) is 0.374. The molecule has 0 saturated carbocycles. The Morgan fingerprint density at radius 1 is 0.976 bits per heavy atom. The molecule has 1 spiro atoms. The monoisotopic (exact) mass is 572 g/mol. The highest BCUT2D eigenvalue weighted by Crippen LogP contribution is 2.43. The Bertz CT molecular complexity index is 1430. The maximum Gasteiger partial charge on any atom is 0.255 e. The summed E-state index contributed by atoms with van der Waals surface area (Å²) >= 11 is 6.41. The van der Waals surface area contributed by atoms with Crippen LogP contribution in [0.2, 0.25) is 5.02 Å². The molecule has 214 valence electrons. The van der Waals surface area contributed by atoms with Crippen LogP contribution in [-0.4, -0.2) is 66.9 Å². The van der Waals surface area contributed by atoms with E-state index in [4.69, 9.17) is 16.3 Å². The van der Waals surface area contributed by atoms with Crippen LogP contribution in [0.5, 0.6) is 5.75 Å². The fourth-order valence-electron chi connectivity index (χ4n) is 6.90. The van der Waals surface area contributed by atoms with Crippen molar-refractivity contribution in [1.29, 1.82) is 0 Å². The minimum absolute atomic E-state index is 0.0923. The average molecular weight is 573 g/mol. The molecule has 2 aromatic carbocycles. The van der Waals surface area contributed by atoms with Gasteiger partial charge in [0, 0.05) is 56.9 Å².